The third-order valence-corrected chi connectivity index (χ3v) is 5.63. The molecule has 1 amide bonds. The van der Waals surface area contributed by atoms with Gasteiger partial charge in [0.25, 0.3) is 11.5 Å². The van der Waals surface area contributed by atoms with E-state index in [9.17, 15) is 14.7 Å². The normalized spacial score (nSPS) is 19.2. The van der Waals surface area contributed by atoms with Gasteiger partial charge in [-0.05, 0) is 45.6 Å². The number of pyridine rings is 1. The highest BCUT2D eigenvalue weighted by atomic mass is 16.3. The highest BCUT2D eigenvalue weighted by Crippen LogP contribution is 2.30. The number of aliphatic hydroxyl groups is 1. The lowest BCUT2D eigenvalue weighted by Crippen LogP contribution is -2.35. The molecule has 4 rings (SSSR count). The van der Waals surface area contributed by atoms with Gasteiger partial charge in [-0.25, -0.2) is 9.67 Å². The highest BCUT2D eigenvalue weighted by molar-refractivity contribution is 6.05. The molecule has 0 unspecified atom stereocenters. The Bertz CT molecular complexity index is 1160. The van der Waals surface area contributed by atoms with Crippen molar-refractivity contribution in [2.24, 2.45) is 0 Å². The van der Waals surface area contributed by atoms with Crippen LogP contribution < -0.4 is 16.6 Å². The number of aryl methyl sites for hydroxylation is 2. The summed E-state index contributed by atoms with van der Waals surface area (Å²) in [5.74, 6) is 0.0746. The van der Waals surface area contributed by atoms with Gasteiger partial charge >= 0.3 is 0 Å². The van der Waals surface area contributed by atoms with Crippen molar-refractivity contribution in [2.75, 3.05) is 11.1 Å². The summed E-state index contributed by atoms with van der Waals surface area (Å²) < 4.78 is 3.19. The van der Waals surface area contributed by atoms with Crippen molar-refractivity contribution in [3.8, 4) is 0 Å². The maximum Gasteiger partial charge on any atom is 0.265 e. The number of carbonyl (C=O) groups excluding carboxylic acids is 1. The van der Waals surface area contributed by atoms with Gasteiger partial charge in [-0.1, -0.05) is 0 Å². The summed E-state index contributed by atoms with van der Waals surface area (Å²) in [4.78, 5) is 35.0. The Balaban J connectivity index is 1.85. The van der Waals surface area contributed by atoms with E-state index in [1.54, 1.807) is 28.4 Å². The van der Waals surface area contributed by atoms with E-state index in [2.05, 4.69) is 20.4 Å². The number of nitrogen functional groups attached to an aromatic ring is 1. The second-order valence-corrected chi connectivity index (χ2v) is 7.59. The van der Waals surface area contributed by atoms with Crippen LogP contribution in [0.2, 0.25) is 0 Å². The predicted octanol–water partition coefficient (Wildman–Crippen LogP) is 1.63. The van der Waals surface area contributed by atoms with Crippen LogP contribution in [-0.4, -0.2) is 41.4 Å². The number of amides is 1. The molecule has 0 radical (unpaired) electrons. The molecule has 158 valence electrons. The Hall–Kier alpha value is -3.27. The smallest absolute Gasteiger partial charge is 0.265 e. The average Bonchev–Trinajstić information content (AvgIpc) is 3.15. The molecular formula is C20H25N7O3. The average molecular weight is 411 g/mol. The van der Waals surface area contributed by atoms with Gasteiger partial charge in [-0.3, -0.25) is 14.2 Å². The molecule has 0 saturated heterocycles. The number of carbonyl (C=O) groups is 1. The zero-order valence-corrected chi connectivity index (χ0v) is 17.0. The highest BCUT2D eigenvalue weighted by Gasteiger charge is 2.27. The quantitative estimate of drug-likeness (QED) is 0.592. The molecule has 30 heavy (non-hydrogen) atoms. The van der Waals surface area contributed by atoms with E-state index in [1.165, 1.54) is 6.07 Å². The van der Waals surface area contributed by atoms with Gasteiger partial charge in [0.15, 0.2) is 0 Å². The van der Waals surface area contributed by atoms with Crippen LogP contribution in [0.1, 0.15) is 54.7 Å². The molecule has 10 heteroatoms. The van der Waals surface area contributed by atoms with Gasteiger partial charge < -0.3 is 16.2 Å². The number of hydrogen-bond donors (Lipinski definition) is 3. The molecule has 0 spiro atoms. The van der Waals surface area contributed by atoms with Gasteiger partial charge in [0.1, 0.15) is 17.0 Å². The summed E-state index contributed by atoms with van der Waals surface area (Å²) in [7, 11) is 0. The summed E-state index contributed by atoms with van der Waals surface area (Å²) >= 11 is 0. The first-order valence-electron chi connectivity index (χ1n) is 10.1. The number of aliphatic hydroxyl groups excluding tert-OH is 1. The molecule has 0 aromatic carbocycles. The minimum atomic E-state index is -0.516. The van der Waals surface area contributed by atoms with Crippen LogP contribution >= 0.6 is 0 Å². The van der Waals surface area contributed by atoms with Gasteiger partial charge in [-0.2, -0.15) is 10.1 Å². The first kappa shape index (κ1) is 20.0. The summed E-state index contributed by atoms with van der Waals surface area (Å²) in [5.41, 5.74) is 6.44. The van der Waals surface area contributed by atoms with Crippen molar-refractivity contribution in [3.63, 3.8) is 0 Å². The van der Waals surface area contributed by atoms with Gasteiger partial charge in [-0.15, -0.1) is 0 Å². The lowest BCUT2D eigenvalue weighted by molar-refractivity contribution is 0.101. The zero-order chi connectivity index (χ0) is 21.4. The van der Waals surface area contributed by atoms with E-state index in [0.717, 1.165) is 0 Å². The van der Waals surface area contributed by atoms with Gasteiger partial charge in [0, 0.05) is 24.0 Å². The third kappa shape index (κ3) is 3.54. The van der Waals surface area contributed by atoms with E-state index in [4.69, 9.17) is 5.73 Å². The molecule has 4 N–H and O–H groups in total. The van der Waals surface area contributed by atoms with Crippen molar-refractivity contribution >= 4 is 28.7 Å². The molecule has 3 heterocycles. The van der Waals surface area contributed by atoms with Crippen LogP contribution in [0.15, 0.2) is 23.1 Å². The molecule has 10 nitrogen and oxygen atoms in total. The van der Waals surface area contributed by atoms with E-state index >= 15 is 0 Å². The first-order valence-corrected chi connectivity index (χ1v) is 10.1. The molecule has 1 saturated carbocycles. The summed E-state index contributed by atoms with van der Waals surface area (Å²) in [6.45, 7) is 4.27. The van der Waals surface area contributed by atoms with Crippen LogP contribution in [0.3, 0.4) is 0 Å². The lowest BCUT2D eigenvalue weighted by Gasteiger charge is -2.28. The van der Waals surface area contributed by atoms with Gasteiger partial charge in [0.05, 0.1) is 18.0 Å². The van der Waals surface area contributed by atoms with Crippen molar-refractivity contribution in [3.05, 3.63) is 39.9 Å². The zero-order valence-electron chi connectivity index (χ0n) is 17.0. The molecule has 3 aromatic heterocycles. The molecule has 1 fully saturated rings. The molecular weight excluding hydrogens is 386 g/mol. The molecule has 1 aliphatic carbocycles. The van der Waals surface area contributed by atoms with Crippen LogP contribution in [0.5, 0.6) is 0 Å². The predicted molar refractivity (Wildman–Crippen MR) is 112 cm³/mol. The number of hydrogen-bond acceptors (Lipinski definition) is 7. The number of nitrogens with one attached hydrogen (secondary N) is 1. The van der Waals surface area contributed by atoms with E-state index in [-0.39, 0.29) is 23.7 Å². The molecule has 1 aliphatic rings. The number of nitrogens with zero attached hydrogens (tertiary/aromatic N) is 5. The molecule has 3 aromatic rings. The Kier molecular flexibility index (Phi) is 5.25. The number of rotatable bonds is 4. The number of fused-ring (bicyclic) bond motifs is 1. The molecule has 0 aliphatic heterocycles. The van der Waals surface area contributed by atoms with E-state index in [1.807, 2.05) is 6.92 Å². The second kappa shape index (κ2) is 7.86. The number of aromatic nitrogens is 5. The summed E-state index contributed by atoms with van der Waals surface area (Å²) in [6, 6.07) is 3.03. The Morgan fingerprint density at radius 2 is 2.03 bits per heavy atom. The monoisotopic (exact) mass is 411 g/mol. The second-order valence-electron chi connectivity index (χ2n) is 7.59. The standard InChI is InChI=1S/C20H25N7O3/c1-3-26-16(8-9-22-26)24-18(29)15-10-14-11(2)23-20(21)25-17(14)27(19(15)30)12-4-6-13(28)7-5-12/h8-10,12-13,28H,3-7H2,1-2H3,(H,24,29)(H2,21,23,25). The fraction of sp³-hybridized carbons (Fsp3) is 0.450. The minimum absolute atomic E-state index is 0.00828. The SMILES string of the molecule is CCn1nccc1NC(=O)c1cc2c(C)nc(N)nc2n(C2CCC(O)CC2)c1=O. The number of nitrogens with two attached hydrogens (primary N) is 1. The fourth-order valence-electron chi connectivity index (χ4n) is 4.06. The minimum Gasteiger partial charge on any atom is -0.393 e. The topological polar surface area (TPSA) is 141 Å². The van der Waals surface area contributed by atoms with Gasteiger partial charge in [0.2, 0.25) is 5.95 Å². The van der Waals surface area contributed by atoms with Crippen LogP contribution in [0, 0.1) is 6.92 Å². The third-order valence-electron chi connectivity index (χ3n) is 5.63. The van der Waals surface area contributed by atoms with E-state index in [0.29, 0.717) is 54.8 Å². The van der Waals surface area contributed by atoms with Crippen LogP contribution in [0.25, 0.3) is 11.0 Å². The fourth-order valence-corrected chi connectivity index (χ4v) is 4.06. The Labute approximate surface area is 172 Å². The molecule has 0 bridgehead atoms. The largest absolute Gasteiger partial charge is 0.393 e. The van der Waals surface area contributed by atoms with Crippen molar-refractivity contribution in [1.82, 2.24) is 24.3 Å². The molecule has 0 atom stereocenters. The summed E-state index contributed by atoms with van der Waals surface area (Å²) in [5, 5.41) is 17.4. The van der Waals surface area contributed by atoms with Crippen molar-refractivity contribution in [2.45, 2.75) is 58.2 Å². The van der Waals surface area contributed by atoms with Crippen molar-refractivity contribution < 1.29 is 9.90 Å². The summed E-state index contributed by atoms with van der Waals surface area (Å²) in [6.07, 6.45) is 3.63. The van der Waals surface area contributed by atoms with Crippen LogP contribution in [-0.2, 0) is 6.54 Å². The number of anilines is 2. The first-order chi connectivity index (χ1) is 14.4. The Morgan fingerprint density at radius 3 is 2.73 bits per heavy atom. The van der Waals surface area contributed by atoms with E-state index < -0.39 is 11.5 Å². The lowest BCUT2D eigenvalue weighted by atomic mass is 9.92. The Morgan fingerprint density at radius 1 is 1.30 bits per heavy atom. The maximum atomic E-state index is 13.4. The van der Waals surface area contributed by atoms with Crippen LogP contribution in [0.4, 0.5) is 11.8 Å². The van der Waals surface area contributed by atoms with Crippen molar-refractivity contribution in [1.29, 1.82) is 0 Å². The maximum absolute atomic E-state index is 13.4.